The Bertz CT molecular complexity index is 684. The van der Waals surface area contributed by atoms with Crippen LogP contribution < -0.4 is 10.6 Å². The Balaban J connectivity index is 1.60. The van der Waals surface area contributed by atoms with Crippen LogP contribution in [-0.2, 0) is 17.8 Å². The minimum Gasteiger partial charge on any atom is -0.508 e. The van der Waals surface area contributed by atoms with Crippen LogP contribution in [0.5, 0.6) is 5.75 Å². The number of phenolic OH excluding ortho intramolecular Hbond substituents is 1. The maximum Gasteiger partial charge on any atom is 0.237 e. The largest absolute Gasteiger partial charge is 0.508 e. The van der Waals surface area contributed by atoms with E-state index in [1.807, 2.05) is 6.07 Å². The van der Waals surface area contributed by atoms with E-state index in [4.69, 9.17) is 0 Å². The van der Waals surface area contributed by atoms with Crippen molar-refractivity contribution >= 4 is 5.91 Å². The Morgan fingerprint density at radius 1 is 1.38 bits per heavy atom. The molecule has 1 aromatic rings. The molecule has 5 nitrogen and oxygen atoms in total. The molecule has 3 rings (SSSR count). The van der Waals surface area contributed by atoms with Gasteiger partial charge in [-0.2, -0.15) is 0 Å². The highest BCUT2D eigenvalue weighted by molar-refractivity contribution is 5.82. The van der Waals surface area contributed by atoms with Crippen molar-refractivity contribution in [2.45, 2.75) is 52.2 Å². The highest BCUT2D eigenvalue weighted by Crippen LogP contribution is 2.22. The van der Waals surface area contributed by atoms with Gasteiger partial charge in [0.25, 0.3) is 0 Å². The fourth-order valence-electron chi connectivity index (χ4n) is 3.82. The van der Waals surface area contributed by atoms with Crippen molar-refractivity contribution in [2.75, 3.05) is 19.6 Å². The van der Waals surface area contributed by atoms with Crippen LogP contribution in [0.1, 0.15) is 38.3 Å². The number of nitrogens with one attached hydrogen (secondary N) is 2. The monoisotopic (exact) mass is 357 g/mol. The van der Waals surface area contributed by atoms with Crippen molar-refractivity contribution in [2.24, 2.45) is 5.92 Å². The number of carbonyl (C=O) groups is 1. The minimum atomic E-state index is -0.212. The zero-order valence-corrected chi connectivity index (χ0v) is 16.1. The van der Waals surface area contributed by atoms with E-state index in [9.17, 15) is 9.90 Å². The number of nitrogens with zero attached hydrogens (tertiary/aromatic N) is 1. The summed E-state index contributed by atoms with van der Waals surface area (Å²) >= 11 is 0. The number of aromatic hydroxyl groups is 1. The standard InChI is InChI=1S/C21H31N3O2/c1-14(2)20(13-24-8-4-5-15(3)12-24)23-21(26)19-10-16-6-7-18(25)9-17(16)11-22-19/h5-7,9,14,19-20,22,25H,4,8,10-13H2,1-3H3,(H,23,26)/t19-,20-/m1/s1. The summed E-state index contributed by atoms with van der Waals surface area (Å²) in [7, 11) is 0. The van der Waals surface area contributed by atoms with Gasteiger partial charge < -0.3 is 15.7 Å². The molecule has 0 aliphatic carbocycles. The van der Waals surface area contributed by atoms with E-state index in [1.54, 1.807) is 12.1 Å². The van der Waals surface area contributed by atoms with Gasteiger partial charge in [-0.15, -0.1) is 0 Å². The van der Waals surface area contributed by atoms with Gasteiger partial charge in [-0.25, -0.2) is 0 Å². The van der Waals surface area contributed by atoms with E-state index < -0.39 is 0 Å². The van der Waals surface area contributed by atoms with Gasteiger partial charge in [0.1, 0.15) is 5.75 Å². The van der Waals surface area contributed by atoms with Crippen LogP contribution in [0.4, 0.5) is 0 Å². The fraction of sp³-hybridized carbons (Fsp3) is 0.571. The summed E-state index contributed by atoms with van der Waals surface area (Å²) in [6, 6.07) is 5.34. The molecule has 0 saturated carbocycles. The van der Waals surface area contributed by atoms with Crippen molar-refractivity contribution in [1.82, 2.24) is 15.5 Å². The summed E-state index contributed by atoms with van der Waals surface area (Å²) < 4.78 is 0. The van der Waals surface area contributed by atoms with Crippen molar-refractivity contribution < 1.29 is 9.90 Å². The van der Waals surface area contributed by atoms with Crippen LogP contribution >= 0.6 is 0 Å². The summed E-state index contributed by atoms with van der Waals surface area (Å²) in [6.07, 6.45) is 4.07. The van der Waals surface area contributed by atoms with E-state index in [-0.39, 0.29) is 23.7 Å². The van der Waals surface area contributed by atoms with Crippen LogP contribution in [0.3, 0.4) is 0 Å². The first-order valence-electron chi connectivity index (χ1n) is 9.65. The molecule has 2 atom stereocenters. The van der Waals surface area contributed by atoms with Crippen molar-refractivity contribution in [3.63, 3.8) is 0 Å². The summed E-state index contributed by atoms with van der Waals surface area (Å²) in [5, 5.41) is 16.2. The Morgan fingerprint density at radius 3 is 2.92 bits per heavy atom. The molecule has 0 saturated heterocycles. The number of phenols is 1. The average molecular weight is 357 g/mol. The van der Waals surface area contributed by atoms with Gasteiger partial charge in [0.15, 0.2) is 0 Å². The summed E-state index contributed by atoms with van der Waals surface area (Å²) in [5.41, 5.74) is 3.63. The molecule has 0 radical (unpaired) electrons. The molecular formula is C21H31N3O2. The molecule has 2 aliphatic heterocycles. The van der Waals surface area contributed by atoms with Gasteiger partial charge in [0.2, 0.25) is 5.91 Å². The Hall–Kier alpha value is -1.85. The van der Waals surface area contributed by atoms with Gasteiger partial charge in [-0.05, 0) is 48.9 Å². The van der Waals surface area contributed by atoms with Gasteiger partial charge in [-0.1, -0.05) is 31.6 Å². The molecule has 3 N–H and O–H groups in total. The molecule has 26 heavy (non-hydrogen) atoms. The highest BCUT2D eigenvalue weighted by atomic mass is 16.3. The van der Waals surface area contributed by atoms with Crippen molar-refractivity contribution in [3.05, 3.63) is 41.0 Å². The molecule has 1 amide bonds. The van der Waals surface area contributed by atoms with E-state index in [0.717, 1.165) is 37.2 Å². The number of hydrogen-bond donors (Lipinski definition) is 3. The maximum absolute atomic E-state index is 12.8. The zero-order valence-electron chi connectivity index (χ0n) is 16.1. The molecule has 0 unspecified atom stereocenters. The molecular weight excluding hydrogens is 326 g/mol. The number of amides is 1. The van der Waals surface area contributed by atoms with E-state index in [2.05, 4.69) is 42.4 Å². The number of hydrogen-bond acceptors (Lipinski definition) is 4. The van der Waals surface area contributed by atoms with Crippen LogP contribution in [0.25, 0.3) is 0 Å². The van der Waals surface area contributed by atoms with Crippen LogP contribution in [0.2, 0.25) is 0 Å². The molecule has 0 fully saturated rings. The van der Waals surface area contributed by atoms with Gasteiger partial charge >= 0.3 is 0 Å². The van der Waals surface area contributed by atoms with E-state index in [1.165, 1.54) is 5.57 Å². The number of benzene rings is 1. The van der Waals surface area contributed by atoms with Crippen LogP contribution in [-0.4, -0.2) is 47.6 Å². The summed E-state index contributed by atoms with van der Waals surface area (Å²) in [4.78, 5) is 15.3. The number of fused-ring (bicyclic) bond motifs is 1. The highest BCUT2D eigenvalue weighted by Gasteiger charge is 2.28. The Labute approximate surface area is 156 Å². The molecule has 2 heterocycles. The lowest BCUT2D eigenvalue weighted by Crippen LogP contribution is -2.54. The molecule has 1 aromatic carbocycles. The average Bonchev–Trinajstić information content (AvgIpc) is 2.60. The second kappa shape index (κ2) is 8.23. The quantitative estimate of drug-likeness (QED) is 0.707. The van der Waals surface area contributed by atoms with E-state index >= 15 is 0 Å². The third-order valence-corrected chi connectivity index (χ3v) is 5.47. The topological polar surface area (TPSA) is 64.6 Å². The second-order valence-corrected chi connectivity index (χ2v) is 8.02. The molecule has 142 valence electrons. The smallest absolute Gasteiger partial charge is 0.237 e. The third kappa shape index (κ3) is 4.65. The molecule has 5 heteroatoms. The first-order valence-corrected chi connectivity index (χ1v) is 9.65. The first-order chi connectivity index (χ1) is 12.4. The predicted octanol–water partition coefficient (Wildman–Crippen LogP) is 2.20. The van der Waals surface area contributed by atoms with Crippen LogP contribution in [0.15, 0.2) is 29.8 Å². The lowest BCUT2D eigenvalue weighted by atomic mass is 9.94. The molecule has 2 aliphatic rings. The van der Waals surface area contributed by atoms with Gasteiger partial charge in [-0.3, -0.25) is 9.69 Å². The van der Waals surface area contributed by atoms with Gasteiger partial charge in [0.05, 0.1) is 6.04 Å². The lowest BCUT2D eigenvalue weighted by molar-refractivity contribution is -0.124. The number of carbonyl (C=O) groups excluding carboxylic acids is 1. The van der Waals surface area contributed by atoms with E-state index in [0.29, 0.717) is 18.9 Å². The summed E-state index contributed by atoms with van der Waals surface area (Å²) in [6.45, 7) is 10.1. The van der Waals surface area contributed by atoms with Crippen molar-refractivity contribution in [3.8, 4) is 5.75 Å². The Morgan fingerprint density at radius 2 is 2.19 bits per heavy atom. The van der Waals surface area contributed by atoms with Crippen molar-refractivity contribution in [1.29, 1.82) is 0 Å². The minimum absolute atomic E-state index is 0.0756. The lowest BCUT2D eigenvalue weighted by Gasteiger charge is -2.34. The molecule has 0 spiro atoms. The number of rotatable bonds is 5. The SMILES string of the molecule is CC1=CCCN(C[C@@H](NC(=O)[C@H]2Cc3ccc(O)cc3CN2)C(C)C)C1. The predicted molar refractivity (Wildman–Crippen MR) is 104 cm³/mol. The second-order valence-electron chi connectivity index (χ2n) is 8.02. The van der Waals surface area contributed by atoms with Crippen LogP contribution in [0, 0.1) is 5.92 Å². The third-order valence-electron chi connectivity index (χ3n) is 5.47. The first kappa shape index (κ1) is 18.9. The fourth-order valence-corrected chi connectivity index (χ4v) is 3.82. The molecule has 0 aromatic heterocycles. The zero-order chi connectivity index (χ0) is 18.7. The Kier molecular flexibility index (Phi) is 5.99. The maximum atomic E-state index is 12.8. The summed E-state index contributed by atoms with van der Waals surface area (Å²) in [5.74, 6) is 0.740. The normalized spacial score (nSPS) is 21.8. The van der Waals surface area contributed by atoms with Gasteiger partial charge in [0, 0.05) is 32.2 Å². The molecule has 0 bridgehead atoms.